The van der Waals surface area contributed by atoms with Crippen LogP contribution < -0.4 is 20.1 Å². The van der Waals surface area contributed by atoms with Gasteiger partial charge in [0.25, 0.3) is 0 Å². The van der Waals surface area contributed by atoms with Crippen molar-refractivity contribution in [1.29, 1.82) is 0 Å². The minimum atomic E-state index is -0.0905. The van der Waals surface area contributed by atoms with E-state index in [-0.39, 0.29) is 12.3 Å². The first-order chi connectivity index (χ1) is 12.2. The van der Waals surface area contributed by atoms with Gasteiger partial charge in [-0.05, 0) is 42.0 Å². The van der Waals surface area contributed by atoms with Gasteiger partial charge in [-0.1, -0.05) is 6.07 Å². The number of anilines is 2. The van der Waals surface area contributed by atoms with Gasteiger partial charge in [0.1, 0.15) is 0 Å². The van der Waals surface area contributed by atoms with Crippen LogP contribution in [-0.2, 0) is 16.0 Å². The summed E-state index contributed by atoms with van der Waals surface area (Å²) in [5, 5.41) is 6.11. The maximum absolute atomic E-state index is 12.2. The predicted octanol–water partition coefficient (Wildman–Crippen LogP) is 2.94. The minimum Gasteiger partial charge on any atom is -0.493 e. The van der Waals surface area contributed by atoms with E-state index >= 15 is 0 Å². The highest BCUT2D eigenvalue weighted by Gasteiger charge is 2.08. The molecule has 0 saturated carbocycles. The Bertz CT molecular complexity index is 686. The van der Waals surface area contributed by atoms with Crippen molar-refractivity contribution in [1.82, 2.24) is 0 Å². The van der Waals surface area contributed by atoms with Crippen LogP contribution >= 0.6 is 0 Å². The van der Waals surface area contributed by atoms with Crippen LogP contribution in [0.25, 0.3) is 0 Å². The molecule has 0 unspecified atom stereocenters. The van der Waals surface area contributed by atoms with E-state index in [2.05, 4.69) is 10.6 Å². The van der Waals surface area contributed by atoms with E-state index < -0.39 is 0 Å². The second-order valence-electron chi connectivity index (χ2n) is 5.41. The van der Waals surface area contributed by atoms with Crippen LogP contribution in [0.5, 0.6) is 11.5 Å². The van der Waals surface area contributed by atoms with Gasteiger partial charge < -0.3 is 24.8 Å². The number of nitrogens with one attached hydrogen (secondary N) is 2. The molecule has 0 aromatic heterocycles. The third-order valence-electron chi connectivity index (χ3n) is 3.62. The molecule has 6 heteroatoms. The van der Waals surface area contributed by atoms with Gasteiger partial charge in [-0.15, -0.1) is 0 Å². The smallest absolute Gasteiger partial charge is 0.228 e. The molecule has 0 spiro atoms. The number of methoxy groups -OCH3 is 3. The van der Waals surface area contributed by atoms with Crippen molar-refractivity contribution < 1.29 is 19.0 Å². The Hall–Kier alpha value is -2.73. The van der Waals surface area contributed by atoms with Crippen molar-refractivity contribution in [2.75, 3.05) is 45.1 Å². The minimum absolute atomic E-state index is 0.0905. The van der Waals surface area contributed by atoms with Gasteiger partial charge in [0, 0.05) is 25.0 Å². The SMILES string of the molecule is COCCNc1ccc(NC(=O)Cc2ccc(OC)c(OC)c2)cc1. The van der Waals surface area contributed by atoms with E-state index in [9.17, 15) is 4.79 Å². The average molecular weight is 344 g/mol. The molecule has 0 fully saturated rings. The maximum atomic E-state index is 12.2. The summed E-state index contributed by atoms with van der Waals surface area (Å²) in [6.07, 6.45) is 0.258. The van der Waals surface area contributed by atoms with Crippen LogP contribution in [0.15, 0.2) is 42.5 Å². The largest absolute Gasteiger partial charge is 0.493 e. The van der Waals surface area contributed by atoms with Crippen molar-refractivity contribution in [2.45, 2.75) is 6.42 Å². The highest BCUT2D eigenvalue weighted by Crippen LogP contribution is 2.27. The summed E-state index contributed by atoms with van der Waals surface area (Å²) in [5.41, 5.74) is 2.59. The van der Waals surface area contributed by atoms with E-state index in [4.69, 9.17) is 14.2 Å². The van der Waals surface area contributed by atoms with Gasteiger partial charge >= 0.3 is 0 Å². The molecule has 0 aliphatic rings. The molecule has 0 saturated heterocycles. The molecule has 25 heavy (non-hydrogen) atoms. The van der Waals surface area contributed by atoms with Crippen LogP contribution in [0.4, 0.5) is 11.4 Å². The zero-order valence-electron chi connectivity index (χ0n) is 14.8. The molecular weight excluding hydrogens is 320 g/mol. The summed E-state index contributed by atoms with van der Waals surface area (Å²) in [6, 6.07) is 13.0. The third kappa shape index (κ3) is 5.69. The summed E-state index contributed by atoms with van der Waals surface area (Å²) in [7, 11) is 4.82. The molecule has 0 atom stereocenters. The van der Waals surface area contributed by atoms with Crippen molar-refractivity contribution in [3.05, 3.63) is 48.0 Å². The fourth-order valence-electron chi connectivity index (χ4n) is 2.35. The van der Waals surface area contributed by atoms with Crippen LogP contribution in [0.3, 0.4) is 0 Å². The molecular formula is C19H24N2O4. The number of carbonyl (C=O) groups excluding carboxylic acids is 1. The number of carbonyl (C=O) groups is 1. The molecule has 134 valence electrons. The van der Waals surface area contributed by atoms with E-state index in [1.54, 1.807) is 33.5 Å². The van der Waals surface area contributed by atoms with E-state index in [1.807, 2.05) is 30.3 Å². The Balaban J connectivity index is 1.91. The van der Waals surface area contributed by atoms with Gasteiger partial charge in [0.2, 0.25) is 5.91 Å². The number of rotatable bonds is 9. The monoisotopic (exact) mass is 344 g/mol. The first-order valence-corrected chi connectivity index (χ1v) is 8.00. The average Bonchev–Trinajstić information content (AvgIpc) is 2.63. The van der Waals surface area contributed by atoms with Crippen molar-refractivity contribution in [3.8, 4) is 11.5 Å². The summed E-state index contributed by atoms with van der Waals surface area (Å²) in [4.78, 5) is 12.2. The lowest BCUT2D eigenvalue weighted by atomic mass is 10.1. The highest BCUT2D eigenvalue weighted by molar-refractivity contribution is 5.92. The van der Waals surface area contributed by atoms with Gasteiger partial charge in [-0.3, -0.25) is 4.79 Å². The van der Waals surface area contributed by atoms with Gasteiger partial charge in [0.15, 0.2) is 11.5 Å². The Morgan fingerprint density at radius 1 is 0.920 bits per heavy atom. The number of hydrogen-bond acceptors (Lipinski definition) is 5. The second kappa shape index (κ2) is 9.54. The Morgan fingerprint density at radius 3 is 2.24 bits per heavy atom. The molecule has 1 amide bonds. The molecule has 0 bridgehead atoms. The zero-order valence-corrected chi connectivity index (χ0v) is 14.8. The van der Waals surface area contributed by atoms with Gasteiger partial charge in [0.05, 0.1) is 27.2 Å². The van der Waals surface area contributed by atoms with Crippen LogP contribution in [0, 0.1) is 0 Å². The van der Waals surface area contributed by atoms with E-state index in [0.717, 1.165) is 23.5 Å². The topological polar surface area (TPSA) is 68.8 Å². The molecule has 2 N–H and O–H groups in total. The van der Waals surface area contributed by atoms with Crippen molar-refractivity contribution >= 4 is 17.3 Å². The highest BCUT2D eigenvalue weighted by atomic mass is 16.5. The Morgan fingerprint density at radius 2 is 1.60 bits per heavy atom. The van der Waals surface area contributed by atoms with E-state index in [0.29, 0.717) is 18.1 Å². The molecule has 2 rings (SSSR count). The van der Waals surface area contributed by atoms with Crippen LogP contribution in [-0.4, -0.2) is 40.4 Å². The lowest BCUT2D eigenvalue weighted by Crippen LogP contribution is -2.14. The van der Waals surface area contributed by atoms with Gasteiger partial charge in [-0.25, -0.2) is 0 Å². The molecule has 0 aliphatic heterocycles. The number of hydrogen-bond donors (Lipinski definition) is 2. The first kappa shape index (κ1) is 18.6. The molecule has 0 radical (unpaired) electrons. The fraction of sp³-hybridized carbons (Fsp3) is 0.316. The summed E-state index contributed by atoms with van der Waals surface area (Å²) in [5.74, 6) is 1.16. The molecule has 0 aliphatic carbocycles. The Labute approximate surface area is 148 Å². The second-order valence-corrected chi connectivity index (χ2v) is 5.41. The first-order valence-electron chi connectivity index (χ1n) is 8.00. The maximum Gasteiger partial charge on any atom is 0.228 e. The van der Waals surface area contributed by atoms with Crippen LogP contribution in [0.2, 0.25) is 0 Å². The fourth-order valence-corrected chi connectivity index (χ4v) is 2.35. The standard InChI is InChI=1S/C19H24N2O4/c1-23-11-10-20-15-5-7-16(8-6-15)21-19(22)13-14-4-9-17(24-2)18(12-14)25-3/h4-9,12,20H,10-11,13H2,1-3H3,(H,21,22). The number of benzene rings is 2. The van der Waals surface area contributed by atoms with E-state index in [1.165, 1.54) is 0 Å². The molecule has 2 aromatic rings. The summed E-state index contributed by atoms with van der Waals surface area (Å²) < 4.78 is 15.4. The summed E-state index contributed by atoms with van der Waals surface area (Å²) >= 11 is 0. The van der Waals surface area contributed by atoms with Crippen molar-refractivity contribution in [2.24, 2.45) is 0 Å². The zero-order chi connectivity index (χ0) is 18.1. The normalized spacial score (nSPS) is 10.2. The van der Waals surface area contributed by atoms with Crippen LogP contribution in [0.1, 0.15) is 5.56 Å². The number of ether oxygens (including phenoxy) is 3. The number of amides is 1. The molecule has 2 aromatic carbocycles. The molecule has 6 nitrogen and oxygen atoms in total. The van der Waals surface area contributed by atoms with Gasteiger partial charge in [-0.2, -0.15) is 0 Å². The quantitative estimate of drug-likeness (QED) is 0.685. The predicted molar refractivity (Wildman–Crippen MR) is 98.7 cm³/mol. The lowest BCUT2D eigenvalue weighted by molar-refractivity contribution is -0.115. The Kier molecular flexibility index (Phi) is 7.10. The lowest BCUT2D eigenvalue weighted by Gasteiger charge is -2.10. The third-order valence-corrected chi connectivity index (χ3v) is 3.62. The summed E-state index contributed by atoms with van der Waals surface area (Å²) in [6.45, 7) is 1.38. The molecule has 0 heterocycles. The van der Waals surface area contributed by atoms with Crippen molar-refractivity contribution in [3.63, 3.8) is 0 Å².